The van der Waals surface area contributed by atoms with Crippen LogP contribution in [0.3, 0.4) is 0 Å². The zero-order valence-corrected chi connectivity index (χ0v) is 10.4. The van der Waals surface area contributed by atoms with Crippen LogP contribution in [0.2, 0.25) is 0 Å². The largest absolute Gasteiger partial charge is 0.464 e. The van der Waals surface area contributed by atoms with Gasteiger partial charge in [0, 0.05) is 0 Å². The molecule has 1 heterocycles. The van der Waals surface area contributed by atoms with E-state index in [4.69, 9.17) is 4.74 Å². The van der Waals surface area contributed by atoms with Gasteiger partial charge in [-0.25, -0.2) is 9.78 Å². The number of ether oxygens (including phenoxy) is 1. The highest BCUT2D eigenvalue weighted by molar-refractivity contribution is 5.79. The maximum absolute atomic E-state index is 11.5. The van der Waals surface area contributed by atoms with E-state index in [1.54, 1.807) is 20.0 Å². The summed E-state index contributed by atoms with van der Waals surface area (Å²) < 4.78 is 4.91. The fraction of sp³-hybridized carbons (Fsp3) is 0.308. The first-order chi connectivity index (χ1) is 8.70. The van der Waals surface area contributed by atoms with E-state index in [0.29, 0.717) is 12.4 Å². The van der Waals surface area contributed by atoms with Crippen LogP contribution in [-0.2, 0) is 9.53 Å². The van der Waals surface area contributed by atoms with Gasteiger partial charge in [0.2, 0.25) is 0 Å². The summed E-state index contributed by atoms with van der Waals surface area (Å²) in [4.78, 5) is 20.1. The maximum atomic E-state index is 11.5. The Morgan fingerprint density at radius 1 is 1.39 bits per heavy atom. The molecule has 0 aliphatic heterocycles. The molecular formula is C13H15N3O2. The molecule has 1 atom stereocenters. The second kappa shape index (κ2) is 5.44. The lowest BCUT2D eigenvalue weighted by Gasteiger charge is -2.12. The molecule has 1 aromatic heterocycles. The van der Waals surface area contributed by atoms with Crippen molar-refractivity contribution >= 4 is 22.8 Å². The van der Waals surface area contributed by atoms with E-state index in [9.17, 15) is 4.79 Å². The summed E-state index contributed by atoms with van der Waals surface area (Å²) in [6.45, 7) is 3.88. The number of rotatable bonds is 4. The first-order valence-electron chi connectivity index (χ1n) is 5.85. The Balaban J connectivity index is 2.14. The maximum Gasteiger partial charge on any atom is 0.328 e. The molecule has 5 nitrogen and oxygen atoms in total. The summed E-state index contributed by atoms with van der Waals surface area (Å²) in [5.74, 6) is 0.265. The molecule has 18 heavy (non-hydrogen) atoms. The summed E-state index contributed by atoms with van der Waals surface area (Å²) in [6.07, 6.45) is 1.61. The van der Waals surface area contributed by atoms with Gasteiger partial charge in [-0.3, -0.25) is 4.98 Å². The van der Waals surface area contributed by atoms with Gasteiger partial charge in [-0.15, -0.1) is 0 Å². The van der Waals surface area contributed by atoms with Crippen molar-refractivity contribution in [1.29, 1.82) is 0 Å². The summed E-state index contributed by atoms with van der Waals surface area (Å²) in [7, 11) is 0. The number of esters is 1. The SMILES string of the molecule is CCOC(=O)C(C)Nc1cnc2ccccc2n1. The average Bonchev–Trinajstić information content (AvgIpc) is 2.39. The van der Waals surface area contributed by atoms with Gasteiger partial charge < -0.3 is 10.1 Å². The Bertz CT molecular complexity index is 557. The fourth-order valence-corrected chi connectivity index (χ4v) is 1.57. The van der Waals surface area contributed by atoms with Crippen LogP contribution in [0.1, 0.15) is 13.8 Å². The third kappa shape index (κ3) is 2.74. The number of aromatic nitrogens is 2. The number of fused-ring (bicyclic) bond motifs is 1. The predicted octanol–water partition coefficient (Wildman–Crippen LogP) is 1.99. The van der Waals surface area contributed by atoms with Gasteiger partial charge in [0.15, 0.2) is 0 Å². The molecule has 0 aliphatic rings. The monoisotopic (exact) mass is 245 g/mol. The first kappa shape index (κ1) is 12.3. The number of benzene rings is 1. The van der Waals surface area contributed by atoms with Gasteiger partial charge in [-0.05, 0) is 26.0 Å². The van der Waals surface area contributed by atoms with E-state index in [1.807, 2.05) is 24.3 Å². The number of hydrogen-bond acceptors (Lipinski definition) is 5. The highest BCUT2D eigenvalue weighted by atomic mass is 16.5. The minimum absolute atomic E-state index is 0.299. The molecule has 0 saturated carbocycles. The molecule has 2 rings (SSSR count). The second-order valence-electron chi connectivity index (χ2n) is 3.86. The number of anilines is 1. The Morgan fingerprint density at radius 2 is 2.11 bits per heavy atom. The van der Waals surface area contributed by atoms with Gasteiger partial charge in [0.05, 0.1) is 23.8 Å². The van der Waals surface area contributed by atoms with Crippen LogP contribution in [0.5, 0.6) is 0 Å². The summed E-state index contributed by atoms with van der Waals surface area (Å²) in [6, 6.07) is 7.13. The molecule has 0 radical (unpaired) electrons. The molecule has 1 unspecified atom stereocenters. The van der Waals surface area contributed by atoms with E-state index >= 15 is 0 Å². The molecule has 1 aromatic carbocycles. The smallest absolute Gasteiger partial charge is 0.328 e. The predicted molar refractivity (Wildman–Crippen MR) is 69.3 cm³/mol. The molecule has 0 amide bonds. The molecule has 2 aromatic rings. The number of carbonyl (C=O) groups is 1. The van der Waals surface area contributed by atoms with Gasteiger partial charge in [0.25, 0.3) is 0 Å². The zero-order valence-electron chi connectivity index (χ0n) is 10.4. The molecule has 1 N–H and O–H groups in total. The molecule has 5 heteroatoms. The van der Waals surface area contributed by atoms with Crippen molar-refractivity contribution in [3.63, 3.8) is 0 Å². The standard InChI is InChI=1S/C13H15N3O2/c1-3-18-13(17)9(2)15-12-8-14-10-6-4-5-7-11(10)16-12/h4-9H,3H2,1-2H3,(H,15,16). The summed E-state index contributed by atoms with van der Waals surface area (Å²) in [5, 5.41) is 2.97. The van der Waals surface area contributed by atoms with Gasteiger partial charge in [0.1, 0.15) is 11.9 Å². The van der Waals surface area contributed by atoms with Crippen molar-refractivity contribution in [1.82, 2.24) is 9.97 Å². The summed E-state index contributed by atoms with van der Waals surface area (Å²) >= 11 is 0. The molecule has 94 valence electrons. The van der Waals surface area contributed by atoms with Gasteiger partial charge >= 0.3 is 5.97 Å². The molecule has 0 bridgehead atoms. The quantitative estimate of drug-likeness (QED) is 0.834. The van der Waals surface area contributed by atoms with Crippen molar-refractivity contribution in [2.45, 2.75) is 19.9 Å². The number of nitrogens with one attached hydrogen (secondary N) is 1. The van der Waals surface area contributed by atoms with Crippen LogP contribution in [0.15, 0.2) is 30.5 Å². The van der Waals surface area contributed by atoms with Gasteiger partial charge in [-0.2, -0.15) is 0 Å². The number of hydrogen-bond donors (Lipinski definition) is 1. The van der Waals surface area contributed by atoms with Crippen molar-refractivity contribution in [2.75, 3.05) is 11.9 Å². The Hall–Kier alpha value is -2.17. The molecular weight excluding hydrogens is 230 g/mol. The van der Waals surface area contributed by atoms with Crippen LogP contribution >= 0.6 is 0 Å². The van der Waals surface area contributed by atoms with E-state index in [2.05, 4.69) is 15.3 Å². The minimum atomic E-state index is -0.444. The van der Waals surface area contributed by atoms with E-state index < -0.39 is 6.04 Å². The van der Waals surface area contributed by atoms with Crippen molar-refractivity contribution < 1.29 is 9.53 Å². The lowest BCUT2D eigenvalue weighted by molar-refractivity contribution is -0.143. The average molecular weight is 245 g/mol. The third-order valence-electron chi connectivity index (χ3n) is 2.45. The Morgan fingerprint density at radius 3 is 2.83 bits per heavy atom. The highest BCUT2D eigenvalue weighted by Crippen LogP contribution is 2.12. The fourth-order valence-electron chi connectivity index (χ4n) is 1.57. The van der Waals surface area contributed by atoms with Crippen LogP contribution in [0.25, 0.3) is 11.0 Å². The van der Waals surface area contributed by atoms with Crippen LogP contribution < -0.4 is 5.32 Å². The molecule has 0 spiro atoms. The Labute approximate surface area is 105 Å². The topological polar surface area (TPSA) is 64.1 Å². The van der Waals surface area contributed by atoms with E-state index in [-0.39, 0.29) is 5.97 Å². The number of para-hydroxylation sites is 2. The van der Waals surface area contributed by atoms with E-state index in [1.165, 1.54) is 0 Å². The van der Waals surface area contributed by atoms with Crippen LogP contribution in [0.4, 0.5) is 5.82 Å². The summed E-state index contributed by atoms with van der Waals surface area (Å²) in [5.41, 5.74) is 1.62. The lowest BCUT2D eigenvalue weighted by Crippen LogP contribution is -2.28. The molecule has 0 saturated heterocycles. The van der Waals surface area contributed by atoms with Crippen molar-refractivity contribution in [3.05, 3.63) is 30.5 Å². The second-order valence-corrected chi connectivity index (χ2v) is 3.86. The van der Waals surface area contributed by atoms with Crippen LogP contribution in [-0.4, -0.2) is 28.6 Å². The van der Waals surface area contributed by atoms with Crippen molar-refractivity contribution in [2.24, 2.45) is 0 Å². The van der Waals surface area contributed by atoms with Crippen LogP contribution in [0, 0.1) is 0 Å². The molecule has 0 fully saturated rings. The lowest BCUT2D eigenvalue weighted by atomic mass is 10.3. The third-order valence-corrected chi connectivity index (χ3v) is 2.45. The minimum Gasteiger partial charge on any atom is -0.464 e. The number of nitrogens with zero attached hydrogens (tertiary/aromatic N) is 2. The highest BCUT2D eigenvalue weighted by Gasteiger charge is 2.14. The number of carbonyl (C=O) groups excluding carboxylic acids is 1. The van der Waals surface area contributed by atoms with Gasteiger partial charge in [-0.1, -0.05) is 12.1 Å². The first-order valence-corrected chi connectivity index (χ1v) is 5.85. The zero-order chi connectivity index (χ0) is 13.0. The normalized spacial score (nSPS) is 12.1. The molecule has 0 aliphatic carbocycles. The Kier molecular flexibility index (Phi) is 3.72. The van der Waals surface area contributed by atoms with Crippen molar-refractivity contribution in [3.8, 4) is 0 Å². The van der Waals surface area contributed by atoms with E-state index in [0.717, 1.165) is 11.0 Å².